The smallest absolute Gasteiger partial charge is 0.355 e. The first-order valence-corrected chi connectivity index (χ1v) is 14.6. The second kappa shape index (κ2) is 13.1. The van der Waals surface area contributed by atoms with Crippen LogP contribution < -0.4 is 9.62 Å². The van der Waals surface area contributed by atoms with E-state index in [0.29, 0.717) is 21.0 Å². The summed E-state index contributed by atoms with van der Waals surface area (Å²) in [5.41, 5.74) is -0.465. The molecule has 0 aliphatic rings. The molecule has 0 saturated carbocycles. The first-order valence-electron chi connectivity index (χ1n) is 12.4. The topological polar surface area (TPSA) is 86.8 Å². The number of anilines is 1. The Balaban J connectivity index is 2.14. The number of halogens is 5. The number of amides is 2. The molecule has 7 nitrogen and oxygen atoms in total. The van der Waals surface area contributed by atoms with Crippen LogP contribution in [0.25, 0.3) is 0 Å². The number of hydrogen-bond acceptors (Lipinski definition) is 4. The van der Waals surface area contributed by atoms with Crippen LogP contribution in [0.1, 0.15) is 30.5 Å². The van der Waals surface area contributed by atoms with E-state index in [-0.39, 0.29) is 18.0 Å². The number of nitrogens with zero attached hydrogens (tertiary/aromatic N) is 2. The molecule has 1 N–H and O–H groups in total. The molecule has 0 aliphatic heterocycles. The van der Waals surface area contributed by atoms with Crippen LogP contribution in [0.3, 0.4) is 0 Å². The number of benzene rings is 3. The molecule has 0 bridgehead atoms. The van der Waals surface area contributed by atoms with Crippen LogP contribution in [0.2, 0.25) is 10.0 Å². The van der Waals surface area contributed by atoms with Gasteiger partial charge in [-0.2, -0.15) is 13.2 Å². The van der Waals surface area contributed by atoms with Gasteiger partial charge in [-0.1, -0.05) is 59.1 Å². The lowest BCUT2D eigenvalue weighted by Gasteiger charge is -2.32. The zero-order valence-electron chi connectivity index (χ0n) is 22.4. The maximum absolute atomic E-state index is 13.8. The third-order valence-electron chi connectivity index (χ3n) is 6.25. The molecular formula is C28H28Cl2F3N3O4S. The van der Waals surface area contributed by atoms with E-state index in [1.165, 1.54) is 31.2 Å². The van der Waals surface area contributed by atoms with Crippen molar-refractivity contribution in [2.75, 3.05) is 17.4 Å². The van der Waals surface area contributed by atoms with Crippen molar-refractivity contribution < 1.29 is 31.2 Å². The molecule has 13 heteroatoms. The van der Waals surface area contributed by atoms with Crippen molar-refractivity contribution in [2.24, 2.45) is 0 Å². The molecule has 3 rings (SSSR count). The van der Waals surface area contributed by atoms with Crippen LogP contribution in [0, 0.1) is 6.92 Å². The molecule has 3 aromatic carbocycles. The van der Waals surface area contributed by atoms with Crippen LogP contribution in [0.15, 0.2) is 71.6 Å². The fraction of sp³-hybridized carbons (Fsp3) is 0.286. The lowest BCUT2D eigenvalue weighted by molar-refractivity contribution is -0.139. The molecule has 0 heterocycles. The standard InChI is InChI=1S/C28H28Cl2F3N3O4S/c1-4-34-27(38)19(3)35(16-20-7-5-6-8-24(20)29)26(37)17-36(41(39,40)22-12-9-18(2)10-13-22)21-11-14-25(30)23(15-21)28(31,32)33/h5-15,19H,4,16-17H2,1-3H3,(H,34,38)/t19-/m0/s1. The summed E-state index contributed by atoms with van der Waals surface area (Å²) < 4.78 is 69.3. The second-order valence-corrected chi connectivity index (χ2v) is 11.8. The quantitative estimate of drug-likeness (QED) is 0.295. The van der Waals surface area contributed by atoms with Crippen molar-refractivity contribution in [1.82, 2.24) is 10.2 Å². The van der Waals surface area contributed by atoms with E-state index in [4.69, 9.17) is 23.2 Å². The third-order valence-corrected chi connectivity index (χ3v) is 8.73. The highest BCUT2D eigenvalue weighted by molar-refractivity contribution is 7.92. The summed E-state index contributed by atoms with van der Waals surface area (Å²) in [5.74, 6) is -1.35. The molecule has 0 aliphatic carbocycles. The number of alkyl halides is 3. The van der Waals surface area contributed by atoms with Gasteiger partial charge in [0.1, 0.15) is 12.6 Å². The van der Waals surface area contributed by atoms with E-state index < -0.39 is 56.9 Å². The SMILES string of the molecule is CCNC(=O)[C@H](C)N(Cc1ccccc1Cl)C(=O)CN(c1ccc(Cl)c(C(F)(F)F)c1)S(=O)(=O)c1ccc(C)cc1. The summed E-state index contributed by atoms with van der Waals surface area (Å²) in [6, 6.07) is 13.7. The molecule has 3 aromatic rings. The van der Waals surface area contributed by atoms with Crippen molar-refractivity contribution in [1.29, 1.82) is 0 Å². The Labute approximate surface area is 246 Å². The van der Waals surface area contributed by atoms with Crippen molar-refractivity contribution in [3.63, 3.8) is 0 Å². The van der Waals surface area contributed by atoms with Gasteiger partial charge in [-0.3, -0.25) is 13.9 Å². The van der Waals surface area contributed by atoms with Gasteiger partial charge in [0.25, 0.3) is 10.0 Å². The number of rotatable bonds is 10. The largest absolute Gasteiger partial charge is 0.417 e. The molecule has 0 aromatic heterocycles. The fourth-order valence-electron chi connectivity index (χ4n) is 3.97. The minimum Gasteiger partial charge on any atom is -0.355 e. The Bertz CT molecular complexity index is 1520. The summed E-state index contributed by atoms with van der Waals surface area (Å²) in [5, 5.41) is 2.30. The predicted octanol–water partition coefficient (Wildman–Crippen LogP) is 6.07. The Morgan fingerprint density at radius 1 is 0.976 bits per heavy atom. The van der Waals surface area contributed by atoms with Crippen LogP contribution in [-0.2, 0) is 32.3 Å². The molecule has 2 amide bonds. The molecular weight excluding hydrogens is 602 g/mol. The highest BCUT2D eigenvalue weighted by Gasteiger charge is 2.37. The van der Waals surface area contributed by atoms with E-state index in [9.17, 15) is 31.2 Å². The molecule has 0 unspecified atom stereocenters. The van der Waals surface area contributed by atoms with E-state index in [2.05, 4.69) is 5.32 Å². The maximum Gasteiger partial charge on any atom is 0.417 e. The first kappa shape index (κ1) is 32.2. The summed E-state index contributed by atoms with van der Waals surface area (Å²) >= 11 is 12.1. The Kier molecular flexibility index (Phi) is 10.3. The van der Waals surface area contributed by atoms with Gasteiger partial charge < -0.3 is 10.2 Å². The monoisotopic (exact) mass is 629 g/mol. The lowest BCUT2D eigenvalue weighted by atomic mass is 10.1. The number of hydrogen-bond donors (Lipinski definition) is 1. The van der Waals surface area contributed by atoms with Gasteiger partial charge >= 0.3 is 6.18 Å². The number of aryl methyl sites for hydroxylation is 1. The Morgan fingerprint density at radius 2 is 1.61 bits per heavy atom. The van der Waals surface area contributed by atoms with Crippen LogP contribution in [0.5, 0.6) is 0 Å². The normalized spacial score (nSPS) is 12.5. The van der Waals surface area contributed by atoms with Gasteiger partial charge in [0, 0.05) is 18.1 Å². The Morgan fingerprint density at radius 3 is 2.20 bits per heavy atom. The zero-order chi connectivity index (χ0) is 30.5. The summed E-state index contributed by atoms with van der Waals surface area (Å²) in [4.78, 5) is 27.5. The highest BCUT2D eigenvalue weighted by Crippen LogP contribution is 2.38. The molecule has 0 spiro atoms. The highest BCUT2D eigenvalue weighted by atomic mass is 35.5. The van der Waals surface area contributed by atoms with Crippen LogP contribution >= 0.6 is 23.2 Å². The summed E-state index contributed by atoms with van der Waals surface area (Å²) in [7, 11) is -4.56. The lowest BCUT2D eigenvalue weighted by Crippen LogP contribution is -2.51. The average molecular weight is 631 g/mol. The number of likely N-dealkylation sites (N-methyl/N-ethyl adjacent to an activating group) is 1. The minimum absolute atomic E-state index is 0.163. The second-order valence-electron chi connectivity index (χ2n) is 9.17. The van der Waals surface area contributed by atoms with Gasteiger partial charge in [0.15, 0.2) is 0 Å². The molecule has 41 heavy (non-hydrogen) atoms. The van der Waals surface area contributed by atoms with Gasteiger partial charge in [0.05, 0.1) is 21.2 Å². The van der Waals surface area contributed by atoms with Crippen molar-refractivity contribution >= 4 is 50.7 Å². The number of sulfonamides is 1. The van der Waals surface area contributed by atoms with E-state index in [1.54, 1.807) is 38.1 Å². The van der Waals surface area contributed by atoms with Gasteiger partial charge in [-0.05, 0) is 62.7 Å². The predicted molar refractivity (Wildman–Crippen MR) is 152 cm³/mol. The zero-order valence-corrected chi connectivity index (χ0v) is 24.7. The minimum atomic E-state index is -4.89. The maximum atomic E-state index is 13.8. The number of carbonyl (C=O) groups excluding carboxylic acids is 2. The van der Waals surface area contributed by atoms with Crippen molar-refractivity contribution in [3.05, 3.63) is 93.5 Å². The summed E-state index contributed by atoms with van der Waals surface area (Å²) in [6.07, 6.45) is -4.89. The average Bonchev–Trinajstić information content (AvgIpc) is 2.91. The van der Waals surface area contributed by atoms with Gasteiger partial charge in [0.2, 0.25) is 11.8 Å². The number of nitrogens with one attached hydrogen (secondary N) is 1. The molecule has 1 atom stereocenters. The van der Waals surface area contributed by atoms with Crippen LogP contribution in [-0.4, -0.2) is 44.3 Å². The molecule has 0 saturated heterocycles. The summed E-state index contributed by atoms with van der Waals surface area (Å²) in [6.45, 7) is 4.09. The van der Waals surface area contributed by atoms with Gasteiger partial charge in [-0.25, -0.2) is 8.42 Å². The molecule has 0 fully saturated rings. The third kappa shape index (κ3) is 7.72. The van der Waals surface area contributed by atoms with Gasteiger partial charge in [-0.15, -0.1) is 0 Å². The Hall–Kier alpha value is -3.28. The number of carbonyl (C=O) groups is 2. The molecule has 0 radical (unpaired) electrons. The van der Waals surface area contributed by atoms with Crippen molar-refractivity contribution in [3.8, 4) is 0 Å². The van der Waals surface area contributed by atoms with Crippen LogP contribution in [0.4, 0.5) is 18.9 Å². The van der Waals surface area contributed by atoms with E-state index >= 15 is 0 Å². The van der Waals surface area contributed by atoms with E-state index in [0.717, 1.165) is 22.6 Å². The first-order chi connectivity index (χ1) is 19.2. The van der Waals surface area contributed by atoms with Crippen molar-refractivity contribution in [2.45, 2.75) is 44.4 Å². The molecule has 220 valence electrons. The van der Waals surface area contributed by atoms with E-state index in [1.807, 2.05) is 0 Å². The fourth-order valence-corrected chi connectivity index (χ4v) is 5.79.